The van der Waals surface area contributed by atoms with Crippen LogP contribution in [0.3, 0.4) is 0 Å². The van der Waals surface area contributed by atoms with E-state index in [-0.39, 0.29) is 0 Å². The number of hydrogen-bond donors (Lipinski definition) is 0. The molecule has 0 N–H and O–H groups in total. The fourth-order valence-electron chi connectivity index (χ4n) is 3.94. The summed E-state index contributed by atoms with van der Waals surface area (Å²) in [5, 5.41) is 9.38. The van der Waals surface area contributed by atoms with E-state index in [1.165, 1.54) is 0 Å². The van der Waals surface area contributed by atoms with Crippen LogP contribution in [0.2, 0.25) is 0 Å². The van der Waals surface area contributed by atoms with Gasteiger partial charge in [0.05, 0.1) is 24.4 Å². The highest BCUT2D eigenvalue weighted by Gasteiger charge is 2.27. The van der Waals surface area contributed by atoms with Crippen molar-refractivity contribution in [1.29, 1.82) is 0 Å². The van der Waals surface area contributed by atoms with Gasteiger partial charge in [0.1, 0.15) is 0 Å². The number of anilines is 1. The molecule has 0 amide bonds. The Morgan fingerprint density at radius 3 is 2.78 bits per heavy atom. The molecule has 0 spiro atoms. The van der Waals surface area contributed by atoms with Gasteiger partial charge in [0, 0.05) is 44.7 Å². The molecule has 2 saturated heterocycles. The van der Waals surface area contributed by atoms with Crippen molar-refractivity contribution in [3.05, 3.63) is 30.0 Å². The first-order chi connectivity index (χ1) is 13.3. The van der Waals surface area contributed by atoms with E-state index in [1.807, 2.05) is 24.3 Å². The van der Waals surface area contributed by atoms with Crippen molar-refractivity contribution >= 4 is 22.6 Å². The SMILES string of the molecule is CCOC(=O)c1nnc2ccccc2c1N1CCN(CC2CCOC2)CC1. The molecule has 4 rings (SSSR count). The molecule has 0 saturated carbocycles. The number of ether oxygens (including phenoxy) is 2. The highest BCUT2D eigenvalue weighted by Crippen LogP contribution is 2.30. The lowest BCUT2D eigenvalue weighted by molar-refractivity contribution is 0.0519. The average molecular weight is 370 g/mol. The van der Waals surface area contributed by atoms with Crippen LogP contribution in [-0.4, -0.2) is 73.6 Å². The summed E-state index contributed by atoms with van der Waals surface area (Å²) >= 11 is 0. The molecule has 7 heteroatoms. The standard InChI is InChI=1S/C20H26N4O3/c1-2-27-20(25)18-19(16-5-3-4-6-17(16)21-22-18)24-10-8-23(9-11-24)13-15-7-12-26-14-15/h3-6,15H,2,7-14H2,1H3. The van der Waals surface area contributed by atoms with Crippen molar-refractivity contribution in [2.45, 2.75) is 13.3 Å². The number of nitrogens with zero attached hydrogens (tertiary/aromatic N) is 4. The summed E-state index contributed by atoms with van der Waals surface area (Å²) in [5.74, 6) is 0.242. The van der Waals surface area contributed by atoms with Gasteiger partial charge in [-0.2, -0.15) is 0 Å². The number of carbonyl (C=O) groups is 1. The minimum absolute atomic E-state index is 0.313. The highest BCUT2D eigenvalue weighted by atomic mass is 16.5. The van der Waals surface area contributed by atoms with Crippen LogP contribution < -0.4 is 4.90 Å². The average Bonchev–Trinajstić information content (AvgIpc) is 3.21. The van der Waals surface area contributed by atoms with Crippen LogP contribution in [-0.2, 0) is 9.47 Å². The third kappa shape index (κ3) is 3.89. The minimum Gasteiger partial charge on any atom is -0.461 e. The highest BCUT2D eigenvalue weighted by molar-refractivity contribution is 6.03. The number of fused-ring (bicyclic) bond motifs is 1. The Bertz CT molecular complexity index is 799. The molecule has 1 unspecified atom stereocenters. The largest absolute Gasteiger partial charge is 0.461 e. The molecular weight excluding hydrogens is 344 g/mol. The number of piperazine rings is 1. The Morgan fingerprint density at radius 2 is 2.04 bits per heavy atom. The summed E-state index contributed by atoms with van der Waals surface area (Å²) in [4.78, 5) is 17.2. The van der Waals surface area contributed by atoms with E-state index < -0.39 is 5.97 Å². The molecule has 27 heavy (non-hydrogen) atoms. The van der Waals surface area contributed by atoms with Crippen LogP contribution >= 0.6 is 0 Å². The maximum Gasteiger partial charge on any atom is 0.361 e. The minimum atomic E-state index is -0.406. The molecule has 144 valence electrons. The Kier molecular flexibility index (Phi) is 5.50. The van der Waals surface area contributed by atoms with Gasteiger partial charge >= 0.3 is 5.97 Å². The fourth-order valence-corrected chi connectivity index (χ4v) is 3.94. The van der Waals surface area contributed by atoms with Gasteiger partial charge in [-0.25, -0.2) is 4.79 Å². The lowest BCUT2D eigenvalue weighted by Gasteiger charge is -2.37. The van der Waals surface area contributed by atoms with Gasteiger partial charge in [-0.3, -0.25) is 4.90 Å². The first kappa shape index (κ1) is 18.1. The zero-order valence-electron chi connectivity index (χ0n) is 15.8. The molecule has 1 aromatic heterocycles. The lowest BCUT2D eigenvalue weighted by atomic mass is 10.1. The summed E-state index contributed by atoms with van der Waals surface area (Å²) in [6.07, 6.45) is 1.16. The van der Waals surface area contributed by atoms with Crippen molar-refractivity contribution in [3.8, 4) is 0 Å². The van der Waals surface area contributed by atoms with Crippen LogP contribution in [0.5, 0.6) is 0 Å². The van der Waals surface area contributed by atoms with E-state index in [2.05, 4.69) is 20.0 Å². The number of esters is 1. The Hall–Kier alpha value is -2.25. The van der Waals surface area contributed by atoms with Crippen molar-refractivity contribution in [3.63, 3.8) is 0 Å². The van der Waals surface area contributed by atoms with E-state index in [1.54, 1.807) is 6.92 Å². The van der Waals surface area contributed by atoms with Crippen molar-refractivity contribution < 1.29 is 14.3 Å². The summed E-state index contributed by atoms with van der Waals surface area (Å²) in [6.45, 7) is 8.64. The lowest BCUT2D eigenvalue weighted by Crippen LogP contribution is -2.48. The molecule has 2 aliphatic heterocycles. The quantitative estimate of drug-likeness (QED) is 0.745. The van der Waals surface area contributed by atoms with E-state index in [9.17, 15) is 4.79 Å². The summed E-state index contributed by atoms with van der Waals surface area (Å²) in [7, 11) is 0. The Labute approximate surface area is 159 Å². The Morgan fingerprint density at radius 1 is 1.22 bits per heavy atom. The number of carbonyl (C=O) groups excluding carboxylic acids is 1. The van der Waals surface area contributed by atoms with Crippen LogP contribution in [0.4, 0.5) is 5.69 Å². The maximum atomic E-state index is 12.5. The molecule has 1 atom stereocenters. The van der Waals surface area contributed by atoms with Crippen LogP contribution in [0.25, 0.3) is 10.9 Å². The zero-order valence-corrected chi connectivity index (χ0v) is 15.8. The third-order valence-corrected chi connectivity index (χ3v) is 5.34. The maximum absolute atomic E-state index is 12.5. The van der Waals surface area contributed by atoms with Crippen LogP contribution in [0, 0.1) is 5.92 Å². The summed E-state index contributed by atoms with van der Waals surface area (Å²) < 4.78 is 10.7. The monoisotopic (exact) mass is 370 g/mol. The fraction of sp³-hybridized carbons (Fsp3) is 0.550. The summed E-state index contributed by atoms with van der Waals surface area (Å²) in [5.41, 5.74) is 1.96. The van der Waals surface area contributed by atoms with Crippen LogP contribution in [0.15, 0.2) is 24.3 Å². The van der Waals surface area contributed by atoms with Crippen molar-refractivity contribution in [1.82, 2.24) is 15.1 Å². The second-order valence-corrected chi connectivity index (χ2v) is 7.15. The predicted octanol–water partition coefficient (Wildman–Crippen LogP) is 1.97. The molecule has 2 aliphatic rings. The van der Waals surface area contributed by atoms with Crippen molar-refractivity contribution in [2.24, 2.45) is 5.92 Å². The van der Waals surface area contributed by atoms with Gasteiger partial charge in [-0.05, 0) is 25.3 Å². The van der Waals surface area contributed by atoms with Gasteiger partial charge in [-0.15, -0.1) is 10.2 Å². The number of benzene rings is 1. The molecule has 0 aliphatic carbocycles. The molecule has 0 bridgehead atoms. The first-order valence-corrected chi connectivity index (χ1v) is 9.74. The molecule has 2 aromatic rings. The first-order valence-electron chi connectivity index (χ1n) is 9.74. The molecule has 2 fully saturated rings. The number of aromatic nitrogens is 2. The van der Waals surface area contributed by atoms with E-state index in [0.717, 1.165) is 68.9 Å². The van der Waals surface area contributed by atoms with Gasteiger partial charge < -0.3 is 14.4 Å². The van der Waals surface area contributed by atoms with E-state index >= 15 is 0 Å². The smallest absolute Gasteiger partial charge is 0.361 e. The van der Waals surface area contributed by atoms with Gasteiger partial charge in [-0.1, -0.05) is 18.2 Å². The molecule has 0 radical (unpaired) electrons. The molecule has 3 heterocycles. The van der Waals surface area contributed by atoms with Gasteiger partial charge in [0.15, 0.2) is 5.69 Å². The van der Waals surface area contributed by atoms with E-state index in [0.29, 0.717) is 18.2 Å². The predicted molar refractivity (Wildman–Crippen MR) is 103 cm³/mol. The van der Waals surface area contributed by atoms with Crippen LogP contribution in [0.1, 0.15) is 23.8 Å². The number of hydrogen-bond acceptors (Lipinski definition) is 7. The van der Waals surface area contributed by atoms with Gasteiger partial charge in [0.2, 0.25) is 0 Å². The molecule has 7 nitrogen and oxygen atoms in total. The second-order valence-electron chi connectivity index (χ2n) is 7.15. The normalized spacial score (nSPS) is 20.9. The molecular formula is C20H26N4O3. The number of rotatable bonds is 5. The van der Waals surface area contributed by atoms with E-state index in [4.69, 9.17) is 9.47 Å². The topological polar surface area (TPSA) is 67.8 Å². The van der Waals surface area contributed by atoms with Crippen molar-refractivity contribution in [2.75, 3.05) is 57.4 Å². The second kappa shape index (κ2) is 8.19. The summed E-state index contributed by atoms with van der Waals surface area (Å²) in [6, 6.07) is 7.84. The third-order valence-electron chi connectivity index (χ3n) is 5.34. The van der Waals surface area contributed by atoms with Gasteiger partial charge in [0.25, 0.3) is 0 Å². The molecule has 1 aromatic carbocycles. The Balaban J connectivity index is 1.56. The zero-order chi connectivity index (χ0) is 18.6.